The molecule has 0 radical (unpaired) electrons. The van der Waals surface area contributed by atoms with E-state index in [1.165, 1.54) is 6.92 Å². The maximum Gasteiger partial charge on any atom is 0.451 e. The summed E-state index contributed by atoms with van der Waals surface area (Å²) in [6.45, 7) is 3.22. The third kappa shape index (κ3) is 4.55. The van der Waals surface area contributed by atoms with Crippen molar-refractivity contribution in [3.8, 4) is 0 Å². The van der Waals surface area contributed by atoms with E-state index in [-0.39, 0.29) is 17.6 Å². The van der Waals surface area contributed by atoms with Gasteiger partial charge in [0.15, 0.2) is 0 Å². The zero-order valence-corrected chi connectivity index (χ0v) is 10.8. The Morgan fingerprint density at radius 1 is 1.53 bits per heavy atom. The lowest BCUT2D eigenvalue weighted by molar-refractivity contribution is -0.144. The lowest BCUT2D eigenvalue weighted by Gasteiger charge is -2.14. The minimum absolute atomic E-state index is 0.170. The Labute approximate surface area is 112 Å². The lowest BCUT2D eigenvalue weighted by Crippen LogP contribution is -2.29. The topological polar surface area (TPSA) is 64.1 Å². The Balaban J connectivity index is 2.90. The molecule has 1 heterocycles. The second-order valence-corrected chi connectivity index (χ2v) is 3.90. The first kappa shape index (κ1) is 15.5. The molecule has 0 fully saturated rings. The van der Waals surface area contributed by atoms with Crippen molar-refractivity contribution in [2.24, 2.45) is 0 Å². The van der Waals surface area contributed by atoms with E-state index < -0.39 is 24.0 Å². The van der Waals surface area contributed by atoms with Crippen molar-refractivity contribution in [3.63, 3.8) is 0 Å². The molecule has 1 aromatic rings. The van der Waals surface area contributed by atoms with Crippen LogP contribution in [0.5, 0.6) is 0 Å². The number of carbonyl (C=O) groups excluding carboxylic acids is 1. The summed E-state index contributed by atoms with van der Waals surface area (Å²) < 4.78 is 42.1. The number of hydrogen-bond acceptors (Lipinski definition) is 5. The molecule has 0 aliphatic carbocycles. The standard InChI is InChI=1S/C10H11ClF3N3O2/c1-3-19-8(18)5(2)15-7-4-6(11)16-9(17-7)10(12,13)14/h4-5H,3H2,1-2H3,(H,15,16,17). The first-order chi connectivity index (χ1) is 8.74. The van der Waals surface area contributed by atoms with Crippen LogP contribution in [-0.4, -0.2) is 28.6 Å². The van der Waals surface area contributed by atoms with Gasteiger partial charge in [0, 0.05) is 6.07 Å². The molecule has 1 atom stereocenters. The molecule has 5 nitrogen and oxygen atoms in total. The highest BCUT2D eigenvalue weighted by atomic mass is 35.5. The summed E-state index contributed by atoms with van der Waals surface area (Å²) >= 11 is 5.47. The van der Waals surface area contributed by atoms with Crippen LogP contribution >= 0.6 is 11.6 Å². The molecular formula is C10H11ClF3N3O2. The van der Waals surface area contributed by atoms with Crippen LogP contribution in [-0.2, 0) is 15.7 Å². The van der Waals surface area contributed by atoms with Gasteiger partial charge in [0.05, 0.1) is 6.61 Å². The molecule has 0 aliphatic heterocycles. The maximum absolute atomic E-state index is 12.5. The van der Waals surface area contributed by atoms with Gasteiger partial charge in [0.1, 0.15) is 17.0 Å². The van der Waals surface area contributed by atoms with Crippen molar-refractivity contribution in [2.75, 3.05) is 11.9 Å². The van der Waals surface area contributed by atoms with Gasteiger partial charge in [-0.25, -0.2) is 14.8 Å². The van der Waals surface area contributed by atoms with E-state index in [1.807, 2.05) is 0 Å². The smallest absolute Gasteiger partial charge is 0.451 e. The Kier molecular flexibility index (Phi) is 4.93. The minimum Gasteiger partial charge on any atom is -0.464 e. The third-order valence-corrected chi connectivity index (χ3v) is 2.15. The highest BCUT2D eigenvalue weighted by Gasteiger charge is 2.35. The van der Waals surface area contributed by atoms with Gasteiger partial charge in [-0.05, 0) is 13.8 Å². The number of hydrogen-bond donors (Lipinski definition) is 1. The largest absolute Gasteiger partial charge is 0.464 e. The molecule has 9 heteroatoms. The SMILES string of the molecule is CCOC(=O)C(C)Nc1cc(Cl)nc(C(F)(F)F)n1. The fraction of sp³-hybridized carbons (Fsp3) is 0.500. The fourth-order valence-corrected chi connectivity index (χ4v) is 1.35. The molecule has 0 spiro atoms. The van der Waals surface area contributed by atoms with E-state index in [2.05, 4.69) is 15.3 Å². The number of carbonyl (C=O) groups is 1. The van der Waals surface area contributed by atoms with E-state index in [4.69, 9.17) is 16.3 Å². The Hall–Kier alpha value is -1.57. The van der Waals surface area contributed by atoms with Gasteiger partial charge in [-0.1, -0.05) is 11.6 Å². The highest BCUT2D eigenvalue weighted by molar-refractivity contribution is 6.29. The average molecular weight is 298 g/mol. The van der Waals surface area contributed by atoms with Gasteiger partial charge in [0.2, 0.25) is 5.82 Å². The molecule has 106 valence electrons. The first-order valence-corrected chi connectivity index (χ1v) is 5.66. The van der Waals surface area contributed by atoms with Gasteiger partial charge in [0.25, 0.3) is 0 Å². The summed E-state index contributed by atoms with van der Waals surface area (Å²) in [5, 5.41) is 2.10. The van der Waals surface area contributed by atoms with E-state index in [0.29, 0.717) is 0 Å². The summed E-state index contributed by atoms with van der Waals surface area (Å²) in [5.74, 6) is -2.18. The number of rotatable bonds is 4. The molecule has 0 bridgehead atoms. The van der Waals surface area contributed by atoms with Crippen LogP contribution in [0.2, 0.25) is 5.15 Å². The van der Waals surface area contributed by atoms with Crippen LogP contribution in [0.1, 0.15) is 19.7 Å². The van der Waals surface area contributed by atoms with Crippen molar-refractivity contribution < 1.29 is 22.7 Å². The number of halogens is 4. The number of ether oxygens (including phenoxy) is 1. The average Bonchev–Trinajstić information content (AvgIpc) is 2.27. The second kappa shape index (κ2) is 6.05. The molecule has 0 aromatic carbocycles. The summed E-state index contributed by atoms with van der Waals surface area (Å²) in [4.78, 5) is 17.6. The molecule has 0 saturated heterocycles. The van der Waals surface area contributed by atoms with E-state index in [0.717, 1.165) is 6.07 Å². The summed E-state index contributed by atoms with van der Waals surface area (Å²) in [5.41, 5.74) is 0. The van der Waals surface area contributed by atoms with Crippen molar-refractivity contribution in [1.82, 2.24) is 9.97 Å². The van der Waals surface area contributed by atoms with E-state index in [9.17, 15) is 18.0 Å². The molecule has 0 aliphatic rings. The molecule has 1 unspecified atom stereocenters. The predicted octanol–water partition coefficient (Wildman–Crippen LogP) is 2.51. The molecule has 0 amide bonds. The summed E-state index contributed by atoms with van der Waals surface area (Å²) in [7, 11) is 0. The summed E-state index contributed by atoms with van der Waals surface area (Å²) in [6.07, 6.45) is -4.71. The quantitative estimate of drug-likeness (QED) is 0.683. The van der Waals surface area contributed by atoms with Gasteiger partial charge in [-0.15, -0.1) is 0 Å². The Morgan fingerprint density at radius 3 is 2.68 bits per heavy atom. The zero-order valence-electron chi connectivity index (χ0n) is 10.1. The predicted molar refractivity (Wildman–Crippen MR) is 61.8 cm³/mol. The molecule has 1 aromatic heterocycles. The van der Waals surface area contributed by atoms with Gasteiger partial charge in [-0.3, -0.25) is 0 Å². The normalized spacial score (nSPS) is 12.9. The van der Waals surface area contributed by atoms with Crippen LogP contribution in [0.15, 0.2) is 6.07 Å². The van der Waals surface area contributed by atoms with Crippen molar-refractivity contribution in [1.29, 1.82) is 0 Å². The summed E-state index contributed by atoms with van der Waals surface area (Å²) in [6, 6.07) is 0.235. The number of nitrogens with zero attached hydrogens (tertiary/aromatic N) is 2. The maximum atomic E-state index is 12.5. The first-order valence-electron chi connectivity index (χ1n) is 5.29. The zero-order chi connectivity index (χ0) is 14.6. The number of anilines is 1. The number of esters is 1. The monoisotopic (exact) mass is 297 g/mol. The van der Waals surface area contributed by atoms with Crippen LogP contribution in [0.4, 0.5) is 19.0 Å². The fourth-order valence-electron chi connectivity index (χ4n) is 1.17. The molecule has 0 saturated carbocycles. The van der Waals surface area contributed by atoms with Crippen LogP contribution in [0.25, 0.3) is 0 Å². The molecule has 1 N–H and O–H groups in total. The van der Waals surface area contributed by atoms with Crippen molar-refractivity contribution in [2.45, 2.75) is 26.1 Å². The molecule has 19 heavy (non-hydrogen) atoms. The van der Waals surface area contributed by atoms with E-state index >= 15 is 0 Å². The van der Waals surface area contributed by atoms with Gasteiger partial charge in [-0.2, -0.15) is 13.2 Å². The van der Waals surface area contributed by atoms with Crippen LogP contribution < -0.4 is 5.32 Å². The van der Waals surface area contributed by atoms with Crippen LogP contribution in [0, 0.1) is 0 Å². The minimum atomic E-state index is -4.71. The number of nitrogens with one attached hydrogen (secondary N) is 1. The Morgan fingerprint density at radius 2 is 2.16 bits per heavy atom. The number of alkyl halides is 3. The highest BCUT2D eigenvalue weighted by Crippen LogP contribution is 2.28. The Bertz CT molecular complexity index is 468. The third-order valence-electron chi connectivity index (χ3n) is 1.95. The number of aromatic nitrogens is 2. The lowest BCUT2D eigenvalue weighted by atomic mass is 10.3. The van der Waals surface area contributed by atoms with E-state index in [1.54, 1.807) is 6.92 Å². The van der Waals surface area contributed by atoms with Crippen molar-refractivity contribution >= 4 is 23.4 Å². The van der Waals surface area contributed by atoms with Gasteiger partial charge < -0.3 is 10.1 Å². The molecule has 1 rings (SSSR count). The molecular weight excluding hydrogens is 287 g/mol. The van der Waals surface area contributed by atoms with Gasteiger partial charge >= 0.3 is 12.1 Å². The second-order valence-electron chi connectivity index (χ2n) is 3.52. The van der Waals surface area contributed by atoms with Crippen LogP contribution in [0.3, 0.4) is 0 Å². The van der Waals surface area contributed by atoms with Crippen molar-refractivity contribution in [3.05, 3.63) is 17.0 Å².